The zero-order valence-electron chi connectivity index (χ0n) is 17.4. The van der Waals surface area contributed by atoms with Crippen molar-refractivity contribution in [2.75, 3.05) is 0 Å². The highest BCUT2D eigenvalue weighted by Gasteiger charge is 2.39. The maximum Gasteiger partial charge on any atom is 0.419 e. The van der Waals surface area contributed by atoms with Gasteiger partial charge in [0.05, 0.1) is 22.9 Å². The number of halogens is 6. The Morgan fingerprint density at radius 3 is 2.15 bits per heavy atom. The molecule has 0 fully saturated rings. The van der Waals surface area contributed by atoms with E-state index in [1.807, 2.05) is 0 Å². The van der Waals surface area contributed by atoms with Crippen molar-refractivity contribution in [1.29, 1.82) is 0 Å². The zero-order chi connectivity index (χ0) is 25.6. The Kier molecular flexibility index (Phi) is 6.34. The van der Waals surface area contributed by atoms with E-state index in [0.29, 0.717) is 16.7 Å². The lowest BCUT2D eigenvalue weighted by molar-refractivity contribution is -0.467. The van der Waals surface area contributed by atoms with Crippen LogP contribution in [0.15, 0.2) is 24.4 Å². The van der Waals surface area contributed by atoms with E-state index >= 15 is 0 Å². The van der Waals surface area contributed by atoms with E-state index in [9.17, 15) is 35.9 Å². The van der Waals surface area contributed by atoms with Gasteiger partial charge in [-0.3, -0.25) is 4.79 Å². The average molecular weight is 505 g/mol. The van der Waals surface area contributed by atoms with Crippen molar-refractivity contribution in [3.8, 4) is 5.13 Å². The number of benzene rings is 1. The molecule has 1 atom stereocenters. The third-order valence-electron chi connectivity index (χ3n) is 4.59. The van der Waals surface area contributed by atoms with Crippen molar-refractivity contribution < 1.29 is 40.5 Å². The summed E-state index contributed by atoms with van der Waals surface area (Å²) in [7, 11) is 0. The van der Waals surface area contributed by atoms with Crippen LogP contribution in [-0.2, 0) is 12.4 Å². The van der Waals surface area contributed by atoms with Crippen LogP contribution in [0.5, 0.6) is 0 Å². The quantitative estimate of drug-likeness (QED) is 0.323. The largest absolute Gasteiger partial charge is 0.419 e. The number of hydrogen-bond donors (Lipinski definition) is 1. The normalized spacial score (nSPS) is 13.1. The number of carbonyl (C=O) groups excluding carboxylic acids is 2. The summed E-state index contributed by atoms with van der Waals surface area (Å²) in [5, 5.41) is 4.27. The van der Waals surface area contributed by atoms with Gasteiger partial charge >= 0.3 is 18.3 Å². The minimum atomic E-state index is -5.12. The Labute approximate surface area is 191 Å². The van der Waals surface area contributed by atoms with Crippen LogP contribution in [-0.4, -0.2) is 42.9 Å². The van der Waals surface area contributed by atoms with Gasteiger partial charge in [0.2, 0.25) is 17.0 Å². The van der Waals surface area contributed by atoms with Crippen molar-refractivity contribution >= 4 is 29.9 Å². The van der Waals surface area contributed by atoms with E-state index in [-0.39, 0.29) is 27.7 Å². The number of carbonyl (C=O) groups is 2. The Balaban J connectivity index is 2.02. The van der Waals surface area contributed by atoms with E-state index in [4.69, 9.17) is 5.73 Å². The van der Waals surface area contributed by atoms with Crippen molar-refractivity contribution in [3.05, 3.63) is 57.6 Å². The lowest BCUT2D eigenvalue weighted by Crippen LogP contribution is -2.26. The second-order valence-corrected chi connectivity index (χ2v) is 8.05. The second-order valence-electron chi connectivity index (χ2n) is 7.05. The number of nitrogens with zero attached hydrogens (tertiary/aromatic N) is 5. The smallest absolute Gasteiger partial charge is 0.365 e. The first-order valence-electron chi connectivity index (χ1n) is 9.22. The molecule has 34 heavy (non-hydrogen) atoms. The number of hydrogen-bond acceptors (Lipinski definition) is 6. The molecular formula is C19H15F6N6O2S+. The number of alkyl halides is 6. The Morgan fingerprint density at radius 2 is 1.68 bits per heavy atom. The van der Waals surface area contributed by atoms with Crippen LogP contribution in [0.2, 0.25) is 0 Å². The summed E-state index contributed by atoms with van der Waals surface area (Å²) in [6.07, 6.45) is -9.04. The highest BCUT2D eigenvalue weighted by molar-refractivity contribution is 7.16. The Bertz CT molecular complexity index is 1260. The van der Waals surface area contributed by atoms with E-state index < -0.39 is 46.9 Å². The molecule has 2 amide bonds. The third kappa shape index (κ3) is 4.98. The molecule has 15 heteroatoms. The van der Waals surface area contributed by atoms with Crippen molar-refractivity contribution in [1.82, 2.24) is 19.7 Å². The molecule has 2 aromatic heterocycles. The Morgan fingerprint density at radius 1 is 1.12 bits per heavy atom. The van der Waals surface area contributed by atoms with Gasteiger partial charge in [0, 0.05) is 6.92 Å². The predicted octanol–water partition coefficient (Wildman–Crippen LogP) is 3.78. The van der Waals surface area contributed by atoms with Gasteiger partial charge in [-0.2, -0.15) is 35.6 Å². The fraction of sp³-hybridized carbons (Fsp3) is 0.263. The summed E-state index contributed by atoms with van der Waals surface area (Å²) in [4.78, 5) is 32.5. The first kappa shape index (κ1) is 25.0. The minimum absolute atomic E-state index is 0.0502. The molecule has 3 rings (SSSR count). The molecule has 8 nitrogen and oxygen atoms in total. The van der Waals surface area contributed by atoms with E-state index in [2.05, 4.69) is 21.8 Å². The molecule has 0 saturated heterocycles. The van der Waals surface area contributed by atoms with Crippen LogP contribution in [0.1, 0.15) is 55.8 Å². The fourth-order valence-corrected chi connectivity index (χ4v) is 3.61. The SMILES string of the molecule is C=[N+](C(=O)c1cc(C(F)(F)F)cc(C(F)(F)F)c1)[C@@H](C)c1nc(C)nn1-c1ncc(C(N)=O)s1. The zero-order valence-corrected chi connectivity index (χ0v) is 18.2. The van der Waals surface area contributed by atoms with Crippen molar-refractivity contribution in [2.24, 2.45) is 5.73 Å². The first-order chi connectivity index (χ1) is 15.6. The van der Waals surface area contributed by atoms with E-state index in [1.54, 1.807) is 0 Å². The van der Waals surface area contributed by atoms with Crippen LogP contribution >= 0.6 is 11.3 Å². The molecule has 180 valence electrons. The molecule has 0 bridgehead atoms. The Hall–Kier alpha value is -3.62. The summed E-state index contributed by atoms with van der Waals surface area (Å²) in [5.41, 5.74) is 1.08. The number of rotatable bonds is 5. The van der Waals surface area contributed by atoms with Gasteiger partial charge in [-0.1, -0.05) is 11.3 Å². The molecule has 0 unspecified atom stereocenters. The third-order valence-corrected chi connectivity index (χ3v) is 5.58. The minimum Gasteiger partial charge on any atom is -0.365 e. The molecular weight excluding hydrogens is 490 g/mol. The van der Waals surface area contributed by atoms with Gasteiger partial charge in [0.1, 0.15) is 17.4 Å². The van der Waals surface area contributed by atoms with Crippen LogP contribution in [0, 0.1) is 6.92 Å². The lowest BCUT2D eigenvalue weighted by atomic mass is 10.0. The van der Waals surface area contributed by atoms with Crippen molar-refractivity contribution in [2.45, 2.75) is 32.2 Å². The molecule has 0 spiro atoms. The maximum atomic E-state index is 13.2. The summed E-state index contributed by atoms with van der Waals surface area (Å²) in [5.74, 6) is -1.69. The van der Waals surface area contributed by atoms with Gasteiger partial charge in [-0.15, -0.1) is 5.10 Å². The molecule has 1 aromatic carbocycles. The molecule has 2 N–H and O–H groups in total. The number of aryl methyl sites for hydroxylation is 1. The number of thiazole rings is 1. The molecule has 0 saturated carbocycles. The molecule has 0 radical (unpaired) electrons. The van der Waals surface area contributed by atoms with Crippen LogP contribution in [0.25, 0.3) is 5.13 Å². The van der Waals surface area contributed by atoms with Crippen LogP contribution in [0.3, 0.4) is 0 Å². The van der Waals surface area contributed by atoms with Gasteiger partial charge in [0.15, 0.2) is 0 Å². The highest BCUT2D eigenvalue weighted by atomic mass is 32.1. The van der Waals surface area contributed by atoms with Crippen LogP contribution < -0.4 is 5.73 Å². The molecule has 2 heterocycles. The lowest BCUT2D eigenvalue weighted by Gasteiger charge is -2.14. The van der Waals surface area contributed by atoms with E-state index in [0.717, 1.165) is 11.3 Å². The molecule has 0 aliphatic heterocycles. The molecule has 0 aliphatic rings. The topological polar surface area (TPSA) is 107 Å². The molecule has 3 aromatic rings. The van der Waals surface area contributed by atoms with Crippen LogP contribution in [0.4, 0.5) is 26.3 Å². The number of primary amides is 1. The summed E-state index contributed by atoms with van der Waals surface area (Å²) >= 11 is 0.866. The van der Waals surface area contributed by atoms with Crippen molar-refractivity contribution in [3.63, 3.8) is 0 Å². The standard InChI is InChI=1S/C19H14F6N6O2S/c1-8(15-28-9(2)29-31(15)17-27-7-13(34-17)14(26)32)30(3)16(33)10-4-11(18(20,21)22)6-12(5-10)19(23,24)25/h4-8H,3H2,1-2H3,(H-,26,32)/p+1/t8-/m0/s1. The summed E-state index contributed by atoms with van der Waals surface area (Å²) in [6.45, 7) is 6.40. The van der Waals surface area contributed by atoms with Gasteiger partial charge in [-0.25, -0.2) is 14.8 Å². The number of aromatic nitrogens is 4. The summed E-state index contributed by atoms with van der Waals surface area (Å²) < 4.78 is 80.8. The second kappa shape index (κ2) is 8.62. The molecule has 0 aliphatic carbocycles. The van der Waals surface area contributed by atoms with E-state index in [1.165, 1.54) is 24.7 Å². The fourth-order valence-electron chi connectivity index (χ4n) is 2.88. The number of nitrogens with two attached hydrogens (primary N) is 1. The van der Waals surface area contributed by atoms with Gasteiger partial charge in [0.25, 0.3) is 5.91 Å². The highest BCUT2D eigenvalue weighted by Crippen LogP contribution is 2.36. The summed E-state index contributed by atoms with van der Waals surface area (Å²) in [6, 6.07) is -0.512. The first-order valence-corrected chi connectivity index (χ1v) is 10.0. The predicted molar refractivity (Wildman–Crippen MR) is 107 cm³/mol. The van der Waals surface area contributed by atoms with Gasteiger partial charge in [-0.05, 0) is 25.1 Å². The monoisotopic (exact) mass is 505 g/mol. The van der Waals surface area contributed by atoms with Gasteiger partial charge < -0.3 is 5.73 Å². The average Bonchev–Trinajstić information content (AvgIpc) is 3.37. The maximum absolute atomic E-state index is 13.2. The number of amides is 2.